The smallest absolute Gasteiger partial charge is 0.169 e. The van der Waals surface area contributed by atoms with E-state index in [9.17, 15) is 5.11 Å². The summed E-state index contributed by atoms with van der Waals surface area (Å²) in [6.07, 6.45) is 5.19. The summed E-state index contributed by atoms with van der Waals surface area (Å²) in [5, 5.41) is 13.7. The van der Waals surface area contributed by atoms with Crippen molar-refractivity contribution < 1.29 is 5.11 Å². The fraction of sp³-hybridized carbons (Fsp3) is 0.500. The fourth-order valence-electron chi connectivity index (χ4n) is 1.52. The van der Waals surface area contributed by atoms with E-state index in [1.54, 1.807) is 24.9 Å². The van der Waals surface area contributed by atoms with Crippen LogP contribution in [0.4, 0.5) is 5.82 Å². The van der Waals surface area contributed by atoms with Crippen LogP contribution >= 0.6 is 11.8 Å². The van der Waals surface area contributed by atoms with Crippen molar-refractivity contribution in [2.45, 2.75) is 37.2 Å². The van der Waals surface area contributed by atoms with Gasteiger partial charge in [-0.2, -0.15) is 0 Å². The first-order valence-corrected chi connectivity index (χ1v) is 6.92. The first-order valence-electron chi connectivity index (χ1n) is 6.04. The van der Waals surface area contributed by atoms with Crippen LogP contribution in [0.15, 0.2) is 23.6 Å². The van der Waals surface area contributed by atoms with Crippen LogP contribution in [0.2, 0.25) is 0 Å². The molecule has 0 aromatic carbocycles. The predicted molar refractivity (Wildman–Crippen MR) is 74.2 cm³/mol. The average Bonchev–Trinajstić information content (AvgIpc) is 2.77. The number of hydrogen-bond acceptors (Lipinski definition) is 5. The van der Waals surface area contributed by atoms with Gasteiger partial charge in [-0.3, -0.25) is 0 Å². The molecule has 0 fully saturated rings. The van der Waals surface area contributed by atoms with E-state index in [2.05, 4.69) is 15.3 Å². The topological polar surface area (TPSA) is 62.5 Å². The quantitative estimate of drug-likeness (QED) is 0.811. The number of aliphatic hydroxyl groups excluding tert-OH is 1. The van der Waals surface area contributed by atoms with Crippen LogP contribution in [0, 0.1) is 0 Å². The molecule has 0 radical (unpaired) electrons. The molecule has 0 amide bonds. The molecule has 2 atom stereocenters. The van der Waals surface area contributed by atoms with E-state index in [1.807, 2.05) is 30.6 Å². The van der Waals surface area contributed by atoms with Crippen molar-refractivity contribution in [2.75, 3.05) is 11.9 Å². The normalized spacial score (nSPS) is 14.7. The van der Waals surface area contributed by atoms with Gasteiger partial charge in [-0.25, -0.2) is 9.97 Å². The molecule has 5 nitrogen and oxygen atoms in total. The molecular formula is C12H18N4OS. The van der Waals surface area contributed by atoms with E-state index in [-0.39, 0.29) is 11.4 Å². The molecule has 2 heterocycles. The number of aromatic nitrogens is 3. The average molecular weight is 266 g/mol. The highest BCUT2D eigenvalue weighted by Crippen LogP contribution is 2.27. The fourth-order valence-corrected chi connectivity index (χ4v) is 2.49. The van der Waals surface area contributed by atoms with Gasteiger partial charge in [-0.05, 0) is 13.8 Å². The van der Waals surface area contributed by atoms with Crippen molar-refractivity contribution in [1.82, 2.24) is 14.4 Å². The van der Waals surface area contributed by atoms with Crippen LogP contribution in [-0.4, -0.2) is 37.4 Å². The summed E-state index contributed by atoms with van der Waals surface area (Å²) in [6, 6.07) is 0. The van der Waals surface area contributed by atoms with Gasteiger partial charge < -0.3 is 14.8 Å². The summed E-state index contributed by atoms with van der Waals surface area (Å²) >= 11 is 1.54. The maximum absolute atomic E-state index is 9.59. The van der Waals surface area contributed by atoms with E-state index in [4.69, 9.17) is 0 Å². The zero-order valence-electron chi connectivity index (χ0n) is 10.8. The molecule has 18 heavy (non-hydrogen) atoms. The molecule has 2 aromatic rings. The molecule has 2 aromatic heterocycles. The molecular weight excluding hydrogens is 248 g/mol. The van der Waals surface area contributed by atoms with Gasteiger partial charge in [0, 0.05) is 24.2 Å². The minimum Gasteiger partial charge on any atom is -0.392 e. The lowest BCUT2D eigenvalue weighted by Gasteiger charge is -2.14. The van der Waals surface area contributed by atoms with Crippen molar-refractivity contribution >= 4 is 23.2 Å². The van der Waals surface area contributed by atoms with Crippen LogP contribution < -0.4 is 5.32 Å². The summed E-state index contributed by atoms with van der Waals surface area (Å²) < 4.78 is 1.95. The third kappa shape index (κ3) is 2.76. The highest BCUT2D eigenvalue weighted by atomic mass is 32.2. The van der Waals surface area contributed by atoms with Crippen LogP contribution in [0.25, 0.3) is 5.65 Å². The van der Waals surface area contributed by atoms with E-state index in [1.165, 1.54) is 0 Å². The van der Waals surface area contributed by atoms with Crippen molar-refractivity contribution in [3.63, 3.8) is 0 Å². The highest BCUT2D eigenvalue weighted by Gasteiger charge is 2.15. The molecule has 0 aliphatic rings. The van der Waals surface area contributed by atoms with Gasteiger partial charge in [0.2, 0.25) is 0 Å². The van der Waals surface area contributed by atoms with Gasteiger partial charge in [0.05, 0.1) is 12.3 Å². The van der Waals surface area contributed by atoms with Gasteiger partial charge in [-0.1, -0.05) is 18.7 Å². The zero-order chi connectivity index (χ0) is 13.1. The Morgan fingerprint density at radius 2 is 2.28 bits per heavy atom. The lowest BCUT2D eigenvalue weighted by Crippen LogP contribution is -2.15. The van der Waals surface area contributed by atoms with Crippen molar-refractivity contribution in [2.24, 2.45) is 0 Å². The lowest BCUT2D eigenvalue weighted by atomic mass is 10.3. The Morgan fingerprint density at radius 1 is 1.50 bits per heavy atom. The molecule has 0 bridgehead atoms. The summed E-state index contributed by atoms with van der Waals surface area (Å²) in [5.74, 6) is 0.822. The second-order valence-corrected chi connectivity index (χ2v) is 5.55. The molecule has 2 unspecified atom stereocenters. The summed E-state index contributed by atoms with van der Waals surface area (Å²) in [5.41, 5.74) is 0.828. The zero-order valence-corrected chi connectivity index (χ0v) is 11.6. The second-order valence-electron chi connectivity index (χ2n) is 4.18. The molecule has 0 saturated heterocycles. The summed E-state index contributed by atoms with van der Waals surface area (Å²) in [6.45, 7) is 6.62. The first kappa shape index (κ1) is 13.2. The Bertz CT molecular complexity index is 526. The molecule has 0 aliphatic carbocycles. The number of nitrogens with one attached hydrogen (secondary N) is 1. The van der Waals surface area contributed by atoms with E-state index in [0.717, 1.165) is 23.0 Å². The molecule has 2 N–H and O–H groups in total. The maximum Gasteiger partial charge on any atom is 0.169 e. The SMILES string of the molecule is CCNc1cn2ccnc2c(SC(C)C(C)O)n1. The largest absolute Gasteiger partial charge is 0.392 e. The van der Waals surface area contributed by atoms with E-state index in [0.29, 0.717) is 0 Å². The van der Waals surface area contributed by atoms with Gasteiger partial charge >= 0.3 is 0 Å². The number of anilines is 1. The minimum absolute atomic E-state index is 0.0786. The van der Waals surface area contributed by atoms with Crippen LogP contribution in [-0.2, 0) is 0 Å². The monoisotopic (exact) mass is 266 g/mol. The van der Waals surface area contributed by atoms with Gasteiger partial charge in [0.25, 0.3) is 0 Å². The summed E-state index contributed by atoms with van der Waals surface area (Å²) in [4.78, 5) is 8.85. The number of imidazole rings is 1. The number of hydrogen-bond donors (Lipinski definition) is 2. The number of nitrogens with zero attached hydrogens (tertiary/aromatic N) is 3. The number of aliphatic hydroxyl groups is 1. The predicted octanol–water partition coefficient (Wildman–Crippen LogP) is 2.02. The number of fused-ring (bicyclic) bond motifs is 1. The van der Waals surface area contributed by atoms with Crippen molar-refractivity contribution in [1.29, 1.82) is 0 Å². The van der Waals surface area contributed by atoms with E-state index < -0.39 is 0 Å². The Labute approximate surface area is 111 Å². The van der Waals surface area contributed by atoms with Crippen LogP contribution in [0.5, 0.6) is 0 Å². The Morgan fingerprint density at radius 3 is 2.94 bits per heavy atom. The Balaban J connectivity index is 2.37. The number of thioether (sulfide) groups is 1. The van der Waals surface area contributed by atoms with Gasteiger partial charge in [-0.15, -0.1) is 0 Å². The first-order chi connectivity index (χ1) is 8.61. The van der Waals surface area contributed by atoms with Crippen molar-refractivity contribution in [3.8, 4) is 0 Å². The van der Waals surface area contributed by atoms with Crippen molar-refractivity contribution in [3.05, 3.63) is 18.6 Å². The molecule has 98 valence electrons. The highest BCUT2D eigenvalue weighted by molar-refractivity contribution is 8.00. The third-order valence-corrected chi connectivity index (χ3v) is 3.94. The van der Waals surface area contributed by atoms with Crippen LogP contribution in [0.1, 0.15) is 20.8 Å². The van der Waals surface area contributed by atoms with Gasteiger partial charge in [0.15, 0.2) is 5.65 Å². The minimum atomic E-state index is -0.380. The lowest BCUT2D eigenvalue weighted by molar-refractivity contribution is 0.196. The number of rotatable bonds is 5. The molecule has 0 aliphatic heterocycles. The summed E-state index contributed by atoms with van der Waals surface area (Å²) in [7, 11) is 0. The Hall–Kier alpha value is -1.27. The molecule has 6 heteroatoms. The second kappa shape index (κ2) is 5.58. The Kier molecular flexibility index (Phi) is 4.08. The van der Waals surface area contributed by atoms with Gasteiger partial charge in [0.1, 0.15) is 10.8 Å². The standard InChI is InChI=1S/C12H18N4OS/c1-4-13-10-7-16-6-5-14-11(16)12(15-10)18-9(3)8(2)17/h5-9,13,17H,4H2,1-3H3. The third-order valence-electron chi connectivity index (χ3n) is 2.68. The van der Waals surface area contributed by atoms with E-state index >= 15 is 0 Å². The molecule has 0 spiro atoms. The van der Waals surface area contributed by atoms with Crippen LogP contribution in [0.3, 0.4) is 0 Å². The molecule has 2 rings (SSSR count). The molecule has 0 saturated carbocycles. The maximum atomic E-state index is 9.59.